The standard InChI is InChI=1S/C4H9.In.2H/c1-4(2)3;;;/h4H,1H2,2-3H3;;;. The van der Waals surface area contributed by atoms with Crippen molar-refractivity contribution < 1.29 is 0 Å². The van der Waals surface area contributed by atoms with Crippen LogP contribution in [0.2, 0.25) is 4.18 Å². The minimum atomic E-state index is 0.951. The summed E-state index contributed by atoms with van der Waals surface area (Å²) in [5.74, 6) is 0.978. The Hall–Kier alpha value is 0.870. The summed E-state index contributed by atoms with van der Waals surface area (Å²) >= 11 is 0.951. The fourth-order valence-electron chi connectivity index (χ4n) is 0. The van der Waals surface area contributed by atoms with Crippen molar-refractivity contribution >= 4 is 24.4 Å². The van der Waals surface area contributed by atoms with Crippen LogP contribution in [0.1, 0.15) is 13.8 Å². The fraction of sp³-hybridized carbons (Fsp3) is 1.00. The first kappa shape index (κ1) is 5.87. The average molecular weight is 174 g/mol. The van der Waals surface area contributed by atoms with Crippen LogP contribution >= 0.6 is 0 Å². The quantitative estimate of drug-likeness (QED) is 0.548. The molecular formula is C4H11In. The first-order chi connectivity index (χ1) is 2.27. The Balaban J connectivity index is 2.54. The van der Waals surface area contributed by atoms with Gasteiger partial charge in [0.2, 0.25) is 0 Å². The third-order valence-electron chi connectivity index (χ3n) is 0.816. The van der Waals surface area contributed by atoms with E-state index in [2.05, 4.69) is 13.8 Å². The van der Waals surface area contributed by atoms with Crippen LogP contribution in [-0.2, 0) is 0 Å². The van der Waals surface area contributed by atoms with E-state index < -0.39 is 0 Å². The molecule has 0 rings (SSSR count). The molecule has 30 valence electrons. The second-order valence-corrected chi connectivity index (χ2v) is 4.13. The molecule has 1 heteroatoms. The van der Waals surface area contributed by atoms with Gasteiger partial charge in [-0.15, -0.1) is 0 Å². The third kappa shape index (κ3) is 4.87. The molecule has 0 bridgehead atoms. The minimum absolute atomic E-state index is 0.951. The Bertz CT molecular complexity index is 17.6. The molecule has 0 amide bonds. The van der Waals surface area contributed by atoms with Gasteiger partial charge in [0, 0.05) is 0 Å². The topological polar surface area (TPSA) is 0 Å². The van der Waals surface area contributed by atoms with Gasteiger partial charge in [-0.2, -0.15) is 0 Å². The second-order valence-electron chi connectivity index (χ2n) is 1.80. The molecule has 0 aliphatic heterocycles. The van der Waals surface area contributed by atoms with Gasteiger partial charge in [-0.05, 0) is 0 Å². The van der Waals surface area contributed by atoms with E-state index in [1.807, 2.05) is 0 Å². The molecule has 0 aliphatic rings. The SMILES string of the molecule is CC(C)[CH2][InH2]. The van der Waals surface area contributed by atoms with Crippen LogP contribution < -0.4 is 0 Å². The molecule has 0 aromatic rings. The molecular weight excluding hydrogens is 163 g/mol. The summed E-state index contributed by atoms with van der Waals surface area (Å²) in [4.78, 5) is 0. The van der Waals surface area contributed by atoms with Crippen LogP contribution in [0.5, 0.6) is 0 Å². The molecule has 0 saturated carbocycles. The Labute approximate surface area is 48.5 Å². The van der Waals surface area contributed by atoms with Gasteiger partial charge in [0.1, 0.15) is 0 Å². The van der Waals surface area contributed by atoms with Crippen molar-refractivity contribution in [3.8, 4) is 0 Å². The summed E-state index contributed by atoms with van der Waals surface area (Å²) in [6, 6.07) is 0. The van der Waals surface area contributed by atoms with Crippen molar-refractivity contribution in [1.82, 2.24) is 0 Å². The Morgan fingerprint density at radius 1 is 1.60 bits per heavy atom. The predicted octanol–water partition coefficient (Wildman–Crippen LogP) is 0.694. The number of rotatable bonds is 1. The normalized spacial score (nSPS) is 9.40. The fourth-order valence-corrected chi connectivity index (χ4v) is 0. The monoisotopic (exact) mass is 174 g/mol. The first-order valence-corrected chi connectivity index (χ1v) is 6.31. The zero-order valence-electron chi connectivity index (χ0n) is 4.28. The average Bonchev–Trinajstić information content (AvgIpc) is 1.38. The van der Waals surface area contributed by atoms with E-state index in [-0.39, 0.29) is 0 Å². The van der Waals surface area contributed by atoms with E-state index in [0.29, 0.717) is 0 Å². The molecule has 0 heterocycles. The predicted molar refractivity (Wildman–Crippen MR) is 28.2 cm³/mol. The molecule has 0 aromatic heterocycles. The van der Waals surface area contributed by atoms with Crippen LogP contribution in [0.3, 0.4) is 0 Å². The van der Waals surface area contributed by atoms with E-state index in [1.165, 1.54) is 4.18 Å². The summed E-state index contributed by atoms with van der Waals surface area (Å²) in [7, 11) is 0. The van der Waals surface area contributed by atoms with Crippen molar-refractivity contribution in [3.05, 3.63) is 0 Å². The molecule has 5 heavy (non-hydrogen) atoms. The molecule has 0 unspecified atom stereocenters. The molecule has 0 aliphatic carbocycles. The summed E-state index contributed by atoms with van der Waals surface area (Å²) in [5, 5.41) is 0. The molecule has 0 N–H and O–H groups in total. The number of hydrogen-bond donors (Lipinski definition) is 0. The maximum atomic E-state index is 2.27. The van der Waals surface area contributed by atoms with Crippen molar-refractivity contribution in [2.45, 2.75) is 18.0 Å². The van der Waals surface area contributed by atoms with Crippen LogP contribution in [0.4, 0.5) is 0 Å². The second kappa shape index (κ2) is 3.08. The number of hydrogen-bond acceptors (Lipinski definition) is 0. The van der Waals surface area contributed by atoms with E-state index in [1.54, 1.807) is 0 Å². The van der Waals surface area contributed by atoms with Crippen molar-refractivity contribution in [2.75, 3.05) is 0 Å². The molecule has 0 radical (unpaired) electrons. The van der Waals surface area contributed by atoms with Gasteiger partial charge in [0.05, 0.1) is 0 Å². The van der Waals surface area contributed by atoms with Crippen LogP contribution in [0.15, 0.2) is 0 Å². The van der Waals surface area contributed by atoms with Crippen molar-refractivity contribution in [3.63, 3.8) is 0 Å². The van der Waals surface area contributed by atoms with E-state index >= 15 is 0 Å². The molecule has 0 spiro atoms. The van der Waals surface area contributed by atoms with Crippen molar-refractivity contribution in [1.29, 1.82) is 0 Å². The van der Waals surface area contributed by atoms with Gasteiger partial charge in [-0.3, -0.25) is 0 Å². The Kier molecular flexibility index (Phi) is 3.61. The van der Waals surface area contributed by atoms with Gasteiger partial charge in [0.15, 0.2) is 0 Å². The molecule has 0 atom stereocenters. The zero-order valence-corrected chi connectivity index (χ0v) is 9.99. The zero-order chi connectivity index (χ0) is 4.28. The molecule has 0 nitrogen and oxygen atoms in total. The Morgan fingerprint density at radius 3 is 1.80 bits per heavy atom. The van der Waals surface area contributed by atoms with Gasteiger partial charge in [-0.25, -0.2) is 0 Å². The molecule has 0 fully saturated rings. The summed E-state index contributed by atoms with van der Waals surface area (Å²) < 4.78 is 1.52. The molecule has 0 aromatic carbocycles. The van der Waals surface area contributed by atoms with Gasteiger partial charge < -0.3 is 0 Å². The Morgan fingerprint density at radius 2 is 1.80 bits per heavy atom. The van der Waals surface area contributed by atoms with Crippen molar-refractivity contribution in [2.24, 2.45) is 5.92 Å². The third-order valence-corrected chi connectivity index (χ3v) is 5.48. The van der Waals surface area contributed by atoms with Gasteiger partial charge in [-0.1, -0.05) is 0 Å². The summed E-state index contributed by atoms with van der Waals surface area (Å²) in [6.45, 7) is 4.55. The van der Waals surface area contributed by atoms with E-state index in [9.17, 15) is 0 Å². The van der Waals surface area contributed by atoms with Crippen LogP contribution in [0, 0.1) is 5.92 Å². The summed E-state index contributed by atoms with van der Waals surface area (Å²) in [5.41, 5.74) is 0. The maximum absolute atomic E-state index is 2.27. The van der Waals surface area contributed by atoms with E-state index in [4.69, 9.17) is 0 Å². The van der Waals surface area contributed by atoms with E-state index in [0.717, 1.165) is 30.3 Å². The van der Waals surface area contributed by atoms with Crippen LogP contribution in [0.25, 0.3) is 0 Å². The summed E-state index contributed by atoms with van der Waals surface area (Å²) in [6.07, 6.45) is 0. The van der Waals surface area contributed by atoms with Crippen LogP contribution in [-0.4, -0.2) is 24.4 Å². The first-order valence-electron chi connectivity index (χ1n) is 2.27. The van der Waals surface area contributed by atoms with Gasteiger partial charge >= 0.3 is 48.3 Å². The molecule has 0 saturated heterocycles. The van der Waals surface area contributed by atoms with Gasteiger partial charge in [0.25, 0.3) is 0 Å².